The van der Waals surface area contributed by atoms with Crippen molar-refractivity contribution in [2.24, 2.45) is 0 Å². The molecule has 0 aliphatic heterocycles. The second kappa shape index (κ2) is 8.04. The van der Waals surface area contributed by atoms with Gasteiger partial charge in [0, 0.05) is 17.1 Å². The van der Waals surface area contributed by atoms with Crippen molar-refractivity contribution in [1.29, 1.82) is 0 Å². The lowest BCUT2D eigenvalue weighted by Crippen LogP contribution is -2.43. The summed E-state index contributed by atoms with van der Waals surface area (Å²) in [6, 6.07) is 13.2. The summed E-state index contributed by atoms with van der Waals surface area (Å²) in [5.41, 5.74) is 2.13. The van der Waals surface area contributed by atoms with Crippen molar-refractivity contribution in [2.45, 2.75) is 31.3 Å². The number of carbonyl (C=O) groups excluding carboxylic acids is 1. The lowest BCUT2D eigenvalue weighted by molar-refractivity contribution is 0.0935. The highest BCUT2D eigenvalue weighted by Gasteiger charge is 2.30. The molecular weight excluding hydrogens is 420 g/mol. The second-order valence-electron chi connectivity index (χ2n) is 7.23. The molecule has 2 N–H and O–H groups in total. The molecule has 0 radical (unpaired) electrons. The number of thiazole rings is 1. The summed E-state index contributed by atoms with van der Waals surface area (Å²) < 4.78 is 1.05. The largest absolute Gasteiger partial charge is 0.357 e. The van der Waals surface area contributed by atoms with Crippen molar-refractivity contribution in [3.8, 4) is 5.69 Å². The van der Waals surface area contributed by atoms with Gasteiger partial charge in [-0.25, -0.2) is 4.98 Å². The molecule has 30 heavy (non-hydrogen) atoms. The van der Waals surface area contributed by atoms with Crippen LogP contribution in [0.5, 0.6) is 0 Å². The average molecular weight is 439 g/mol. The number of aromatic nitrogens is 4. The lowest BCUT2D eigenvalue weighted by atomic mass is 10.1. The standard InChI is InChI=1S/C21H19ClN6OS/c22-13-8-9-17-19(12-13)30-21(27-17)26-16-6-3-5-15(16)25-20(29)14-4-1-2-7-18(14)28-23-10-11-24-28/h1-2,4,7-12,15-16H,3,5-6H2,(H,25,29)(H,26,27)/t15-,16-/m1/s1. The summed E-state index contributed by atoms with van der Waals surface area (Å²) in [5, 5.41) is 16.6. The van der Waals surface area contributed by atoms with E-state index in [1.165, 1.54) is 4.80 Å². The number of anilines is 1. The molecule has 152 valence electrons. The van der Waals surface area contributed by atoms with E-state index in [1.54, 1.807) is 29.8 Å². The van der Waals surface area contributed by atoms with Crippen LogP contribution in [0.15, 0.2) is 54.9 Å². The van der Waals surface area contributed by atoms with Crippen molar-refractivity contribution < 1.29 is 4.79 Å². The van der Waals surface area contributed by atoms with E-state index in [0.717, 1.165) is 34.6 Å². The quantitative estimate of drug-likeness (QED) is 0.485. The number of rotatable bonds is 5. The normalized spacial score (nSPS) is 18.6. The molecule has 9 heteroatoms. The maximum atomic E-state index is 13.1. The topological polar surface area (TPSA) is 84.7 Å². The first-order valence-electron chi connectivity index (χ1n) is 9.76. The Morgan fingerprint density at radius 1 is 1.10 bits per heavy atom. The molecule has 5 rings (SSSR count). The number of halogens is 1. The number of nitrogens with zero attached hydrogens (tertiary/aromatic N) is 4. The Morgan fingerprint density at radius 2 is 1.90 bits per heavy atom. The number of amides is 1. The summed E-state index contributed by atoms with van der Waals surface area (Å²) in [7, 11) is 0. The van der Waals surface area contributed by atoms with E-state index < -0.39 is 0 Å². The Hall–Kier alpha value is -2.97. The molecule has 0 unspecified atom stereocenters. The minimum absolute atomic E-state index is 0.0201. The fourth-order valence-corrected chi connectivity index (χ4v) is 5.05. The molecule has 2 atom stereocenters. The Labute approximate surface area is 182 Å². The Morgan fingerprint density at radius 3 is 2.77 bits per heavy atom. The molecule has 4 aromatic rings. The van der Waals surface area contributed by atoms with Gasteiger partial charge in [0.2, 0.25) is 0 Å². The van der Waals surface area contributed by atoms with Gasteiger partial charge >= 0.3 is 0 Å². The van der Waals surface area contributed by atoms with Gasteiger partial charge in [-0.1, -0.05) is 35.1 Å². The van der Waals surface area contributed by atoms with Crippen molar-refractivity contribution in [1.82, 2.24) is 25.3 Å². The first kappa shape index (κ1) is 19.0. The number of carbonyl (C=O) groups is 1. The van der Waals surface area contributed by atoms with Crippen molar-refractivity contribution in [3.05, 3.63) is 65.4 Å². The highest BCUT2D eigenvalue weighted by Crippen LogP contribution is 2.31. The molecule has 1 saturated carbocycles. The van der Waals surface area contributed by atoms with Gasteiger partial charge in [0.05, 0.1) is 33.9 Å². The van der Waals surface area contributed by atoms with Crippen LogP contribution in [0.2, 0.25) is 5.02 Å². The van der Waals surface area contributed by atoms with Crippen LogP contribution in [0.25, 0.3) is 15.9 Å². The van der Waals surface area contributed by atoms with E-state index >= 15 is 0 Å². The van der Waals surface area contributed by atoms with Gasteiger partial charge < -0.3 is 10.6 Å². The highest BCUT2D eigenvalue weighted by atomic mass is 35.5. The first-order valence-corrected chi connectivity index (χ1v) is 11.0. The third kappa shape index (κ3) is 3.76. The van der Waals surface area contributed by atoms with E-state index in [-0.39, 0.29) is 18.0 Å². The molecule has 0 spiro atoms. The number of para-hydroxylation sites is 1. The number of hydrogen-bond acceptors (Lipinski definition) is 6. The van der Waals surface area contributed by atoms with E-state index in [4.69, 9.17) is 11.6 Å². The van der Waals surface area contributed by atoms with Gasteiger partial charge in [-0.05, 0) is 49.6 Å². The third-order valence-corrected chi connectivity index (χ3v) is 6.46. The summed E-state index contributed by atoms with van der Waals surface area (Å²) in [6.45, 7) is 0. The molecule has 7 nitrogen and oxygen atoms in total. The summed E-state index contributed by atoms with van der Waals surface area (Å²) in [4.78, 5) is 19.2. The minimum Gasteiger partial charge on any atom is -0.357 e. The predicted octanol–water partition coefficient (Wildman–Crippen LogP) is 4.29. The fraction of sp³-hybridized carbons (Fsp3) is 0.238. The number of hydrogen-bond donors (Lipinski definition) is 2. The molecule has 1 amide bonds. The van der Waals surface area contributed by atoms with Crippen LogP contribution in [0.1, 0.15) is 29.6 Å². The lowest BCUT2D eigenvalue weighted by Gasteiger charge is -2.22. The van der Waals surface area contributed by atoms with Gasteiger partial charge in [-0.2, -0.15) is 15.0 Å². The van der Waals surface area contributed by atoms with Crippen LogP contribution in [0.4, 0.5) is 5.13 Å². The maximum absolute atomic E-state index is 13.1. The first-order chi connectivity index (χ1) is 14.7. The molecular formula is C21H19ClN6OS. The Bertz CT molecular complexity index is 1190. The zero-order valence-corrected chi connectivity index (χ0v) is 17.5. The SMILES string of the molecule is O=C(N[C@@H]1CCC[C@H]1Nc1nc2ccc(Cl)cc2s1)c1ccccc1-n1nccn1. The van der Waals surface area contributed by atoms with E-state index in [0.29, 0.717) is 16.3 Å². The summed E-state index contributed by atoms with van der Waals surface area (Å²) >= 11 is 7.66. The smallest absolute Gasteiger partial charge is 0.253 e. The maximum Gasteiger partial charge on any atom is 0.253 e. The van der Waals surface area contributed by atoms with Gasteiger partial charge in [-0.15, -0.1) is 0 Å². The molecule has 0 bridgehead atoms. The average Bonchev–Trinajstić information content (AvgIpc) is 3.49. The molecule has 2 aromatic carbocycles. The van der Waals surface area contributed by atoms with E-state index in [1.807, 2.05) is 36.4 Å². The van der Waals surface area contributed by atoms with Crippen molar-refractivity contribution >= 4 is 44.2 Å². The highest BCUT2D eigenvalue weighted by molar-refractivity contribution is 7.22. The van der Waals surface area contributed by atoms with Crippen molar-refractivity contribution in [3.63, 3.8) is 0 Å². The monoisotopic (exact) mass is 438 g/mol. The number of nitrogens with one attached hydrogen (secondary N) is 2. The second-order valence-corrected chi connectivity index (χ2v) is 8.70. The van der Waals surface area contributed by atoms with Gasteiger partial charge in [-0.3, -0.25) is 4.79 Å². The van der Waals surface area contributed by atoms with Crippen LogP contribution in [-0.2, 0) is 0 Å². The number of fused-ring (bicyclic) bond motifs is 1. The zero-order valence-electron chi connectivity index (χ0n) is 16.0. The molecule has 2 heterocycles. The predicted molar refractivity (Wildman–Crippen MR) is 119 cm³/mol. The Kier molecular flexibility index (Phi) is 5.10. The Balaban J connectivity index is 1.33. The molecule has 1 fully saturated rings. The van der Waals surface area contributed by atoms with Crippen LogP contribution < -0.4 is 10.6 Å². The minimum atomic E-state index is -0.127. The van der Waals surface area contributed by atoms with Gasteiger partial charge in [0.15, 0.2) is 5.13 Å². The fourth-order valence-electron chi connectivity index (χ4n) is 3.85. The van der Waals surface area contributed by atoms with E-state index in [2.05, 4.69) is 25.8 Å². The van der Waals surface area contributed by atoms with E-state index in [9.17, 15) is 4.79 Å². The van der Waals surface area contributed by atoms with Crippen LogP contribution in [0, 0.1) is 0 Å². The van der Waals surface area contributed by atoms with Crippen LogP contribution in [-0.4, -0.2) is 38.0 Å². The summed E-state index contributed by atoms with van der Waals surface area (Å²) in [5.74, 6) is -0.127. The molecule has 2 aromatic heterocycles. The molecule has 1 aliphatic rings. The summed E-state index contributed by atoms with van der Waals surface area (Å²) in [6.07, 6.45) is 6.13. The number of benzene rings is 2. The van der Waals surface area contributed by atoms with Crippen LogP contribution in [0.3, 0.4) is 0 Å². The van der Waals surface area contributed by atoms with Gasteiger partial charge in [0.25, 0.3) is 5.91 Å². The van der Waals surface area contributed by atoms with Crippen molar-refractivity contribution in [2.75, 3.05) is 5.32 Å². The molecule has 0 saturated heterocycles. The zero-order chi connectivity index (χ0) is 20.5. The van der Waals surface area contributed by atoms with Gasteiger partial charge in [0.1, 0.15) is 0 Å². The molecule has 1 aliphatic carbocycles. The van der Waals surface area contributed by atoms with Crippen LogP contribution >= 0.6 is 22.9 Å². The third-order valence-electron chi connectivity index (χ3n) is 5.27.